The lowest BCUT2D eigenvalue weighted by molar-refractivity contribution is -0.0439. The molecule has 12 nitrogen and oxygen atoms in total. The molecule has 31 heavy (non-hydrogen) atoms. The Morgan fingerprint density at radius 2 is 1.84 bits per heavy atom. The van der Waals surface area contributed by atoms with Gasteiger partial charge in [0.2, 0.25) is 15.9 Å². The van der Waals surface area contributed by atoms with E-state index in [1.165, 1.54) is 24.8 Å². The second kappa shape index (κ2) is 7.28. The van der Waals surface area contributed by atoms with Crippen LogP contribution in [0.4, 0.5) is 11.4 Å². The minimum Gasteiger partial charge on any atom is -0.491 e. The fraction of sp³-hybridized carbons (Fsp3) is 0.250. The summed E-state index contributed by atoms with van der Waals surface area (Å²) in [7, 11) is -7.20. The van der Waals surface area contributed by atoms with Gasteiger partial charge >= 0.3 is 15.2 Å². The molecular weight excluding hydrogens is 472 g/mol. The van der Waals surface area contributed by atoms with Crippen LogP contribution in [-0.2, 0) is 20.0 Å². The largest absolute Gasteiger partial charge is 0.491 e. The minimum absolute atomic E-state index is 0.0924. The molecule has 0 spiro atoms. The molecule has 0 aliphatic carbocycles. The number of fused-ring (bicyclic) bond motifs is 1. The molecule has 0 unspecified atom stereocenters. The van der Waals surface area contributed by atoms with Crippen molar-refractivity contribution in [2.75, 3.05) is 16.6 Å². The Morgan fingerprint density at radius 1 is 1.06 bits per heavy atom. The van der Waals surface area contributed by atoms with Crippen molar-refractivity contribution in [1.82, 2.24) is 9.97 Å². The van der Waals surface area contributed by atoms with Crippen molar-refractivity contribution in [1.29, 1.82) is 0 Å². The van der Waals surface area contributed by atoms with E-state index in [4.69, 9.17) is 18.6 Å². The molecule has 0 bridgehead atoms. The SMILES string of the molecule is COc1c(NS(=O)(=O)c2ncco2)c(NS(=O)(=O)c2nccs2)cc2c1OC(C)(C)O2. The molecule has 0 atom stereocenters. The molecule has 1 aliphatic rings. The van der Waals surface area contributed by atoms with Crippen LogP contribution in [0.25, 0.3) is 0 Å². The lowest BCUT2D eigenvalue weighted by Gasteiger charge is -2.18. The van der Waals surface area contributed by atoms with Gasteiger partial charge in [0.1, 0.15) is 12.0 Å². The van der Waals surface area contributed by atoms with E-state index in [-0.39, 0.29) is 33.0 Å². The van der Waals surface area contributed by atoms with Crippen molar-refractivity contribution in [2.24, 2.45) is 0 Å². The smallest absolute Gasteiger partial charge is 0.336 e. The maximum absolute atomic E-state index is 12.8. The van der Waals surface area contributed by atoms with Crippen molar-refractivity contribution >= 4 is 42.8 Å². The summed E-state index contributed by atoms with van der Waals surface area (Å²) >= 11 is 0.889. The minimum atomic E-state index is -4.33. The maximum atomic E-state index is 12.8. The summed E-state index contributed by atoms with van der Waals surface area (Å²) in [6.45, 7) is 3.25. The van der Waals surface area contributed by atoms with Gasteiger partial charge in [0, 0.05) is 31.5 Å². The number of sulfonamides is 2. The van der Waals surface area contributed by atoms with Crippen LogP contribution in [0.5, 0.6) is 17.2 Å². The lowest BCUT2D eigenvalue weighted by Crippen LogP contribution is -2.29. The van der Waals surface area contributed by atoms with Crippen LogP contribution in [0.2, 0.25) is 0 Å². The number of thiazole rings is 1. The Labute approximate surface area is 181 Å². The number of oxazole rings is 1. The van der Waals surface area contributed by atoms with Crippen LogP contribution in [0.3, 0.4) is 0 Å². The standard InChI is InChI=1S/C16H16N4O8S3/c1-16(2)27-10-8-9(19-31(23,24)15-18-5-7-29-15)11(13(25-3)12(10)28-16)20-30(21,22)14-17-4-6-26-14/h4-8,19-20H,1-3H3. The van der Waals surface area contributed by atoms with Crippen molar-refractivity contribution in [3.63, 3.8) is 0 Å². The zero-order chi connectivity index (χ0) is 22.4. The number of anilines is 2. The molecule has 0 fully saturated rings. The number of rotatable bonds is 7. The summed E-state index contributed by atoms with van der Waals surface area (Å²) < 4.78 is 76.9. The Bertz CT molecular complexity index is 1320. The Balaban J connectivity index is 1.87. The number of hydrogen-bond acceptors (Lipinski definition) is 11. The predicted octanol–water partition coefficient (Wildman–Crippen LogP) is 2.25. The van der Waals surface area contributed by atoms with Crippen LogP contribution < -0.4 is 23.7 Å². The second-order valence-electron chi connectivity index (χ2n) is 6.57. The van der Waals surface area contributed by atoms with E-state index in [2.05, 4.69) is 19.4 Å². The third-order valence-electron chi connectivity index (χ3n) is 3.87. The molecule has 15 heteroatoms. The van der Waals surface area contributed by atoms with Gasteiger partial charge in [-0.05, 0) is 0 Å². The molecule has 2 N–H and O–H groups in total. The summed E-state index contributed by atoms with van der Waals surface area (Å²) in [5, 5.41) is 0.866. The van der Waals surface area contributed by atoms with Gasteiger partial charge in [-0.3, -0.25) is 9.44 Å². The molecule has 2 aromatic heterocycles. The molecule has 1 aromatic carbocycles. The predicted molar refractivity (Wildman–Crippen MR) is 109 cm³/mol. The number of nitrogens with zero attached hydrogens (tertiary/aromatic N) is 2. The van der Waals surface area contributed by atoms with Crippen LogP contribution >= 0.6 is 11.3 Å². The number of hydrogen-bond donors (Lipinski definition) is 2. The first-order valence-corrected chi connectivity index (χ1v) is 12.3. The average molecular weight is 489 g/mol. The van der Waals surface area contributed by atoms with Crippen LogP contribution in [0.1, 0.15) is 13.8 Å². The van der Waals surface area contributed by atoms with Crippen LogP contribution in [0, 0.1) is 0 Å². The molecule has 0 radical (unpaired) electrons. The Hall–Kier alpha value is -3.04. The van der Waals surface area contributed by atoms with Crippen LogP contribution in [0.15, 0.2) is 44.1 Å². The van der Waals surface area contributed by atoms with E-state index >= 15 is 0 Å². The zero-order valence-corrected chi connectivity index (χ0v) is 18.7. The van der Waals surface area contributed by atoms with Gasteiger partial charge in [-0.15, -0.1) is 11.3 Å². The summed E-state index contributed by atoms with van der Waals surface area (Å²) in [4.78, 5) is 7.40. The van der Waals surface area contributed by atoms with Gasteiger partial charge in [0.15, 0.2) is 11.5 Å². The van der Waals surface area contributed by atoms with E-state index in [1.807, 2.05) is 0 Å². The summed E-state index contributed by atoms with van der Waals surface area (Å²) in [6, 6.07) is 1.28. The number of benzene rings is 1. The van der Waals surface area contributed by atoms with Gasteiger partial charge in [-0.1, -0.05) is 0 Å². The van der Waals surface area contributed by atoms with E-state index in [0.29, 0.717) is 0 Å². The fourth-order valence-corrected chi connectivity index (χ4v) is 5.59. The third-order valence-corrected chi connectivity index (χ3v) is 7.57. The first-order valence-electron chi connectivity index (χ1n) is 8.50. The number of methoxy groups -OCH3 is 1. The molecule has 1 aliphatic heterocycles. The molecule has 3 aromatic rings. The van der Waals surface area contributed by atoms with Crippen molar-refractivity contribution < 1.29 is 35.5 Å². The van der Waals surface area contributed by atoms with Gasteiger partial charge in [0.05, 0.1) is 19.0 Å². The highest BCUT2D eigenvalue weighted by Crippen LogP contribution is 2.53. The van der Waals surface area contributed by atoms with Crippen molar-refractivity contribution in [2.45, 2.75) is 29.2 Å². The molecule has 3 heterocycles. The quantitative estimate of drug-likeness (QED) is 0.505. The van der Waals surface area contributed by atoms with Gasteiger partial charge < -0.3 is 18.6 Å². The van der Waals surface area contributed by atoms with Gasteiger partial charge in [-0.2, -0.15) is 16.8 Å². The van der Waals surface area contributed by atoms with Crippen molar-refractivity contribution in [3.8, 4) is 17.2 Å². The van der Waals surface area contributed by atoms with E-state index < -0.39 is 31.1 Å². The number of aromatic nitrogens is 2. The Kier molecular flexibility index (Phi) is 4.98. The molecular formula is C16H16N4O8S3. The molecule has 0 saturated carbocycles. The topological polar surface area (TPSA) is 159 Å². The van der Waals surface area contributed by atoms with E-state index in [1.54, 1.807) is 13.8 Å². The fourth-order valence-electron chi connectivity index (χ4n) is 2.75. The van der Waals surface area contributed by atoms with Gasteiger partial charge in [-0.25, -0.2) is 9.97 Å². The first kappa shape index (κ1) is 21.2. The summed E-state index contributed by atoms with van der Waals surface area (Å²) in [5.74, 6) is -0.955. The monoisotopic (exact) mass is 488 g/mol. The first-order chi connectivity index (χ1) is 14.5. The molecule has 166 valence electrons. The zero-order valence-electron chi connectivity index (χ0n) is 16.3. The lowest BCUT2D eigenvalue weighted by atomic mass is 10.2. The summed E-state index contributed by atoms with van der Waals surface area (Å²) in [6.07, 6.45) is 3.56. The van der Waals surface area contributed by atoms with E-state index in [0.717, 1.165) is 23.8 Å². The maximum Gasteiger partial charge on any atom is 0.336 e. The second-order valence-corrected chi connectivity index (χ2v) is 10.9. The highest BCUT2D eigenvalue weighted by Gasteiger charge is 2.38. The van der Waals surface area contributed by atoms with Gasteiger partial charge in [0.25, 0.3) is 10.0 Å². The normalized spacial score (nSPS) is 14.9. The Morgan fingerprint density at radius 3 is 2.45 bits per heavy atom. The average Bonchev–Trinajstić information content (AvgIpc) is 3.42. The van der Waals surface area contributed by atoms with E-state index in [9.17, 15) is 16.8 Å². The molecule has 0 amide bonds. The molecule has 4 rings (SSSR count). The molecule has 0 saturated heterocycles. The summed E-state index contributed by atoms with van der Waals surface area (Å²) in [5.41, 5.74) is -0.428. The number of ether oxygens (including phenoxy) is 3. The number of nitrogens with one attached hydrogen (secondary N) is 2. The third kappa shape index (κ3) is 3.98. The van der Waals surface area contributed by atoms with Crippen molar-refractivity contribution in [3.05, 3.63) is 30.1 Å². The highest BCUT2D eigenvalue weighted by molar-refractivity contribution is 7.94. The highest BCUT2D eigenvalue weighted by atomic mass is 32.2. The van der Waals surface area contributed by atoms with Crippen LogP contribution in [-0.4, -0.2) is 39.7 Å².